The van der Waals surface area contributed by atoms with Gasteiger partial charge in [-0.3, -0.25) is 15.0 Å². The molecule has 0 atom stereocenters. The molecule has 0 fully saturated rings. The van der Waals surface area contributed by atoms with E-state index in [0.717, 1.165) is 5.69 Å². The second-order valence-corrected chi connectivity index (χ2v) is 4.84. The highest BCUT2D eigenvalue weighted by molar-refractivity contribution is 5.74. The summed E-state index contributed by atoms with van der Waals surface area (Å²) >= 11 is 0. The second kappa shape index (κ2) is 5.81. The van der Waals surface area contributed by atoms with Crippen LogP contribution < -0.4 is 0 Å². The molecular weight excluding hydrogens is 288 g/mol. The van der Waals surface area contributed by atoms with E-state index < -0.39 is 0 Å². The quantitative estimate of drug-likeness (QED) is 0.575. The van der Waals surface area contributed by atoms with Gasteiger partial charge in [0.2, 0.25) is 5.89 Å². The van der Waals surface area contributed by atoms with E-state index >= 15 is 0 Å². The molecule has 0 aromatic carbocycles. The van der Waals surface area contributed by atoms with E-state index in [2.05, 4.69) is 19.9 Å². The first-order valence-electron chi connectivity index (χ1n) is 7.17. The van der Waals surface area contributed by atoms with Crippen LogP contribution in [0.2, 0.25) is 0 Å². The van der Waals surface area contributed by atoms with E-state index in [1.54, 1.807) is 18.6 Å². The number of rotatable bonds is 3. The van der Waals surface area contributed by atoms with Gasteiger partial charge >= 0.3 is 0 Å². The fourth-order valence-electron chi connectivity index (χ4n) is 2.27. The highest BCUT2D eigenvalue weighted by Gasteiger charge is 2.19. The second-order valence-electron chi connectivity index (χ2n) is 4.84. The summed E-state index contributed by atoms with van der Waals surface area (Å²) in [6.07, 6.45) is 5.16. The third-order valence-electron chi connectivity index (χ3n) is 3.32. The van der Waals surface area contributed by atoms with Crippen LogP contribution in [0, 0.1) is 0 Å². The van der Waals surface area contributed by atoms with Gasteiger partial charge in [0.1, 0.15) is 17.1 Å². The Hall–Kier alpha value is -3.34. The van der Waals surface area contributed by atoms with Gasteiger partial charge in [0.05, 0.1) is 5.69 Å². The molecule has 0 aliphatic rings. The van der Waals surface area contributed by atoms with Crippen molar-refractivity contribution in [2.24, 2.45) is 0 Å². The van der Waals surface area contributed by atoms with Crippen molar-refractivity contribution in [1.82, 2.24) is 19.9 Å². The Bertz CT molecular complexity index is 849. The smallest absolute Gasteiger partial charge is 0.246 e. The van der Waals surface area contributed by atoms with Crippen LogP contribution in [0.5, 0.6) is 0 Å². The molecule has 0 amide bonds. The summed E-state index contributed by atoms with van der Waals surface area (Å²) in [5, 5.41) is 0. The predicted octanol–water partition coefficient (Wildman–Crippen LogP) is 3.86. The van der Waals surface area contributed by atoms with Crippen LogP contribution in [0.4, 0.5) is 0 Å². The predicted molar refractivity (Wildman–Crippen MR) is 86.2 cm³/mol. The Balaban J connectivity index is 1.91. The van der Waals surface area contributed by atoms with Gasteiger partial charge < -0.3 is 4.42 Å². The molecule has 0 N–H and O–H groups in total. The zero-order valence-corrected chi connectivity index (χ0v) is 12.1. The Labute approximate surface area is 132 Å². The number of pyridine rings is 3. The summed E-state index contributed by atoms with van der Waals surface area (Å²) in [5.74, 6) is 1.04. The first kappa shape index (κ1) is 13.3. The summed E-state index contributed by atoms with van der Waals surface area (Å²) in [6.45, 7) is 0. The largest absolute Gasteiger partial charge is 0.432 e. The maximum absolute atomic E-state index is 5.97. The van der Waals surface area contributed by atoms with Gasteiger partial charge in [-0.15, -0.1) is 0 Å². The van der Waals surface area contributed by atoms with E-state index in [1.807, 2.05) is 54.6 Å². The minimum Gasteiger partial charge on any atom is -0.432 e. The molecule has 110 valence electrons. The molecule has 0 radical (unpaired) electrons. The molecule has 0 saturated carbocycles. The first-order valence-corrected chi connectivity index (χ1v) is 7.17. The first-order chi connectivity index (χ1) is 11.4. The molecule has 0 saturated heterocycles. The monoisotopic (exact) mass is 300 g/mol. The maximum atomic E-state index is 5.97. The number of hydrogen-bond acceptors (Lipinski definition) is 5. The molecule has 0 aliphatic carbocycles. The Morgan fingerprint density at radius 1 is 0.609 bits per heavy atom. The van der Waals surface area contributed by atoms with Crippen LogP contribution in [-0.2, 0) is 0 Å². The minimum absolute atomic E-state index is 0.451. The summed E-state index contributed by atoms with van der Waals surface area (Å²) < 4.78 is 5.97. The fraction of sp³-hybridized carbons (Fsp3) is 0. The maximum Gasteiger partial charge on any atom is 0.246 e. The fourth-order valence-corrected chi connectivity index (χ4v) is 2.27. The number of hydrogen-bond donors (Lipinski definition) is 0. The summed E-state index contributed by atoms with van der Waals surface area (Å²) in [4.78, 5) is 17.6. The van der Waals surface area contributed by atoms with E-state index in [1.165, 1.54) is 0 Å². The molecule has 0 unspecified atom stereocenters. The zero-order chi connectivity index (χ0) is 15.5. The van der Waals surface area contributed by atoms with E-state index in [4.69, 9.17) is 4.42 Å². The van der Waals surface area contributed by atoms with Crippen LogP contribution in [0.3, 0.4) is 0 Å². The highest BCUT2D eigenvalue weighted by atomic mass is 16.4. The van der Waals surface area contributed by atoms with Crippen molar-refractivity contribution in [1.29, 1.82) is 0 Å². The Morgan fingerprint density at radius 2 is 1.17 bits per heavy atom. The summed E-state index contributed by atoms with van der Waals surface area (Å²) in [6, 6.07) is 16.9. The Morgan fingerprint density at radius 3 is 1.74 bits per heavy atom. The molecule has 0 aliphatic heterocycles. The van der Waals surface area contributed by atoms with E-state index in [0.29, 0.717) is 28.7 Å². The third kappa shape index (κ3) is 2.60. The third-order valence-corrected chi connectivity index (χ3v) is 3.32. The highest BCUT2D eigenvalue weighted by Crippen LogP contribution is 2.33. The molecule has 4 rings (SSSR count). The SMILES string of the molecule is c1ccc(-c2nc(-c3ccccn3)c(-c3ccccn3)o2)nc1. The standard InChI is InChI=1S/C18H12N4O/c1-4-10-19-13(7-1)16-17(14-8-2-5-11-20-14)23-18(22-16)15-9-3-6-12-21-15/h1-12H. The van der Waals surface area contributed by atoms with Gasteiger partial charge in [0.25, 0.3) is 0 Å². The van der Waals surface area contributed by atoms with Crippen LogP contribution in [-0.4, -0.2) is 19.9 Å². The Kier molecular flexibility index (Phi) is 3.37. The lowest BCUT2D eigenvalue weighted by atomic mass is 10.2. The van der Waals surface area contributed by atoms with Crippen molar-refractivity contribution < 1.29 is 4.42 Å². The summed E-state index contributed by atoms with van der Waals surface area (Å²) in [7, 11) is 0. The lowest BCUT2D eigenvalue weighted by Crippen LogP contribution is -1.87. The minimum atomic E-state index is 0.451. The van der Waals surface area contributed by atoms with E-state index in [9.17, 15) is 0 Å². The molecule has 0 bridgehead atoms. The number of nitrogens with zero attached hydrogens (tertiary/aromatic N) is 4. The number of oxazole rings is 1. The molecule has 0 spiro atoms. The van der Waals surface area contributed by atoms with Crippen molar-refractivity contribution >= 4 is 0 Å². The van der Waals surface area contributed by atoms with Crippen LogP contribution in [0.1, 0.15) is 0 Å². The average Bonchev–Trinajstić information content (AvgIpc) is 3.09. The van der Waals surface area contributed by atoms with Crippen molar-refractivity contribution in [3.05, 3.63) is 73.2 Å². The molecule has 4 aromatic heterocycles. The lowest BCUT2D eigenvalue weighted by molar-refractivity contribution is 0.584. The van der Waals surface area contributed by atoms with Gasteiger partial charge in [-0.25, -0.2) is 4.98 Å². The lowest BCUT2D eigenvalue weighted by Gasteiger charge is -1.99. The van der Waals surface area contributed by atoms with Gasteiger partial charge in [-0.2, -0.15) is 0 Å². The van der Waals surface area contributed by atoms with E-state index in [-0.39, 0.29) is 0 Å². The molecule has 5 heteroatoms. The van der Waals surface area contributed by atoms with Crippen LogP contribution in [0.15, 0.2) is 77.6 Å². The van der Waals surface area contributed by atoms with Crippen LogP contribution in [0.25, 0.3) is 34.4 Å². The average molecular weight is 300 g/mol. The molecule has 4 heterocycles. The molecule has 5 nitrogen and oxygen atoms in total. The summed E-state index contributed by atoms with van der Waals surface area (Å²) in [5.41, 5.74) is 2.78. The molecule has 23 heavy (non-hydrogen) atoms. The van der Waals surface area contributed by atoms with Crippen molar-refractivity contribution in [2.75, 3.05) is 0 Å². The van der Waals surface area contributed by atoms with Gasteiger partial charge in [-0.1, -0.05) is 18.2 Å². The van der Waals surface area contributed by atoms with Crippen molar-refractivity contribution in [2.45, 2.75) is 0 Å². The van der Waals surface area contributed by atoms with Gasteiger partial charge in [0.15, 0.2) is 5.76 Å². The molecule has 4 aromatic rings. The van der Waals surface area contributed by atoms with Crippen molar-refractivity contribution in [3.63, 3.8) is 0 Å². The van der Waals surface area contributed by atoms with Crippen molar-refractivity contribution in [3.8, 4) is 34.4 Å². The normalized spacial score (nSPS) is 10.6. The number of aromatic nitrogens is 4. The molecular formula is C18H12N4O. The van der Waals surface area contributed by atoms with Gasteiger partial charge in [0, 0.05) is 18.6 Å². The topological polar surface area (TPSA) is 64.7 Å². The van der Waals surface area contributed by atoms with Gasteiger partial charge in [-0.05, 0) is 36.4 Å². The van der Waals surface area contributed by atoms with Crippen LogP contribution >= 0.6 is 0 Å². The zero-order valence-electron chi connectivity index (χ0n) is 12.1.